The van der Waals surface area contributed by atoms with Crippen LogP contribution in [0.5, 0.6) is 5.75 Å². The molecule has 0 aliphatic rings. The van der Waals surface area contributed by atoms with Gasteiger partial charge in [-0.15, -0.1) is 21.5 Å². The van der Waals surface area contributed by atoms with Crippen LogP contribution in [0.1, 0.15) is 16.5 Å². The summed E-state index contributed by atoms with van der Waals surface area (Å²) >= 11 is 9.05. The predicted molar refractivity (Wildman–Crippen MR) is 105 cm³/mol. The first-order valence-electron chi connectivity index (χ1n) is 8.11. The van der Waals surface area contributed by atoms with Gasteiger partial charge in [-0.25, -0.2) is 4.98 Å². The summed E-state index contributed by atoms with van der Waals surface area (Å²) in [5.41, 5.74) is 0.993. The maximum absolute atomic E-state index is 5.88. The average molecular weight is 419 g/mol. The first-order chi connectivity index (χ1) is 13.3. The summed E-state index contributed by atoms with van der Waals surface area (Å²) in [4.78, 5) is 4.62. The second-order valence-corrected chi connectivity index (χ2v) is 7.91. The number of hydrogen-bond donors (Lipinski definition) is 0. The number of ether oxygens (including phenoxy) is 1. The van der Waals surface area contributed by atoms with Crippen molar-refractivity contribution in [1.29, 1.82) is 0 Å². The van der Waals surface area contributed by atoms with Gasteiger partial charge >= 0.3 is 0 Å². The lowest BCUT2D eigenvalue weighted by atomic mass is 10.3. The van der Waals surface area contributed by atoms with Crippen molar-refractivity contribution in [2.75, 3.05) is 0 Å². The third-order valence-electron chi connectivity index (χ3n) is 3.61. The van der Waals surface area contributed by atoms with E-state index in [0.29, 0.717) is 23.9 Å². The van der Waals surface area contributed by atoms with Crippen LogP contribution in [0.25, 0.3) is 0 Å². The normalized spacial score (nSPS) is 11.0. The number of furan rings is 1. The van der Waals surface area contributed by atoms with Gasteiger partial charge in [0, 0.05) is 16.2 Å². The van der Waals surface area contributed by atoms with Crippen LogP contribution in [-0.2, 0) is 18.9 Å². The molecule has 3 aromatic heterocycles. The molecule has 4 rings (SSSR count). The van der Waals surface area contributed by atoms with E-state index in [1.165, 1.54) is 0 Å². The van der Waals surface area contributed by atoms with Gasteiger partial charge in [0.25, 0.3) is 0 Å². The maximum atomic E-state index is 5.88. The standard InChI is InChI=1S/C18H15ClN4O2S2/c19-13-3-5-15(6-4-13)25-9-17-21-14(10-26-17)11-27-18-22-20-12-23(18)8-16-2-1-7-24-16/h1-7,10,12H,8-9,11H2. The lowest BCUT2D eigenvalue weighted by Gasteiger charge is -2.04. The van der Waals surface area contributed by atoms with Crippen LogP contribution in [0.15, 0.2) is 63.9 Å². The quantitative estimate of drug-likeness (QED) is 0.379. The molecule has 138 valence electrons. The van der Waals surface area contributed by atoms with Gasteiger partial charge in [-0.2, -0.15) is 0 Å². The maximum Gasteiger partial charge on any atom is 0.191 e. The van der Waals surface area contributed by atoms with Crippen molar-refractivity contribution in [2.24, 2.45) is 0 Å². The number of halogens is 1. The Hall–Kier alpha value is -2.29. The van der Waals surface area contributed by atoms with Gasteiger partial charge in [0.05, 0.1) is 18.5 Å². The van der Waals surface area contributed by atoms with Crippen LogP contribution in [-0.4, -0.2) is 19.7 Å². The molecule has 27 heavy (non-hydrogen) atoms. The topological polar surface area (TPSA) is 66.0 Å². The number of benzene rings is 1. The molecule has 9 heteroatoms. The minimum Gasteiger partial charge on any atom is -0.486 e. The first-order valence-corrected chi connectivity index (χ1v) is 10.4. The van der Waals surface area contributed by atoms with Crippen LogP contribution in [0.3, 0.4) is 0 Å². The summed E-state index contributed by atoms with van der Waals surface area (Å²) in [6, 6.07) is 11.1. The number of thioether (sulfide) groups is 1. The molecular weight excluding hydrogens is 404 g/mol. The molecule has 1 aromatic carbocycles. The molecule has 3 heterocycles. The Balaban J connectivity index is 1.31. The molecule has 0 unspecified atom stereocenters. The zero-order valence-corrected chi connectivity index (χ0v) is 16.5. The molecule has 4 aromatic rings. The Bertz CT molecular complexity index is 983. The summed E-state index contributed by atoms with van der Waals surface area (Å²) in [6.45, 7) is 1.05. The van der Waals surface area contributed by atoms with Gasteiger partial charge in [-0.3, -0.25) is 0 Å². The summed E-state index contributed by atoms with van der Waals surface area (Å²) < 4.78 is 13.1. The summed E-state index contributed by atoms with van der Waals surface area (Å²) in [5.74, 6) is 2.36. The van der Waals surface area contributed by atoms with Crippen LogP contribution in [0.2, 0.25) is 5.02 Å². The molecule has 0 fully saturated rings. The summed E-state index contributed by atoms with van der Waals surface area (Å²) in [6.07, 6.45) is 3.37. The Morgan fingerprint density at radius 3 is 2.93 bits per heavy atom. The van der Waals surface area contributed by atoms with E-state index >= 15 is 0 Å². The van der Waals surface area contributed by atoms with E-state index in [9.17, 15) is 0 Å². The molecule has 0 saturated heterocycles. The third-order valence-corrected chi connectivity index (χ3v) is 5.75. The average Bonchev–Trinajstić information content (AvgIpc) is 3.42. The SMILES string of the molecule is Clc1ccc(OCc2nc(CSc3nncn3Cc3ccco3)cs2)cc1. The highest BCUT2D eigenvalue weighted by Gasteiger charge is 2.10. The van der Waals surface area contributed by atoms with E-state index in [1.54, 1.807) is 47.8 Å². The Morgan fingerprint density at radius 2 is 2.11 bits per heavy atom. The van der Waals surface area contributed by atoms with E-state index in [4.69, 9.17) is 20.8 Å². The van der Waals surface area contributed by atoms with E-state index in [2.05, 4.69) is 15.2 Å². The second-order valence-electron chi connectivity index (χ2n) is 5.58. The van der Waals surface area contributed by atoms with Gasteiger partial charge < -0.3 is 13.7 Å². The zero-order valence-electron chi connectivity index (χ0n) is 14.1. The van der Waals surface area contributed by atoms with Crippen molar-refractivity contribution in [1.82, 2.24) is 19.7 Å². The molecule has 0 atom stereocenters. The Labute approximate surface area is 169 Å². The van der Waals surface area contributed by atoms with Crippen molar-refractivity contribution in [3.8, 4) is 5.75 Å². The van der Waals surface area contributed by atoms with E-state index in [1.807, 2.05) is 34.2 Å². The molecule has 0 N–H and O–H groups in total. The van der Waals surface area contributed by atoms with Gasteiger partial charge in [-0.1, -0.05) is 23.4 Å². The highest BCUT2D eigenvalue weighted by Crippen LogP contribution is 2.23. The Kier molecular flexibility index (Phi) is 5.76. The molecule has 0 radical (unpaired) electrons. The smallest absolute Gasteiger partial charge is 0.191 e. The lowest BCUT2D eigenvalue weighted by Crippen LogP contribution is -1.99. The van der Waals surface area contributed by atoms with Gasteiger partial charge in [0.15, 0.2) is 5.16 Å². The van der Waals surface area contributed by atoms with Crippen LogP contribution < -0.4 is 4.74 Å². The molecule has 0 aliphatic carbocycles. The van der Waals surface area contributed by atoms with Crippen molar-refractivity contribution >= 4 is 34.7 Å². The van der Waals surface area contributed by atoms with E-state index in [0.717, 1.165) is 27.4 Å². The minimum absolute atomic E-state index is 0.436. The van der Waals surface area contributed by atoms with Crippen LogP contribution in [0.4, 0.5) is 0 Å². The van der Waals surface area contributed by atoms with Crippen molar-refractivity contribution < 1.29 is 9.15 Å². The molecular formula is C18H15ClN4O2S2. The Morgan fingerprint density at radius 1 is 1.22 bits per heavy atom. The highest BCUT2D eigenvalue weighted by atomic mass is 35.5. The fraction of sp³-hybridized carbons (Fsp3) is 0.167. The van der Waals surface area contributed by atoms with Crippen LogP contribution >= 0.6 is 34.7 Å². The number of nitrogens with zero attached hydrogens (tertiary/aromatic N) is 4. The molecule has 0 amide bonds. The third kappa shape index (κ3) is 4.91. The molecule has 0 aliphatic heterocycles. The number of aromatic nitrogens is 4. The van der Waals surface area contributed by atoms with Gasteiger partial charge in [-0.05, 0) is 36.4 Å². The largest absolute Gasteiger partial charge is 0.486 e. The molecule has 6 nitrogen and oxygen atoms in total. The number of thiazole rings is 1. The fourth-order valence-electron chi connectivity index (χ4n) is 2.33. The number of hydrogen-bond acceptors (Lipinski definition) is 7. The summed E-state index contributed by atoms with van der Waals surface area (Å²) in [7, 11) is 0. The first kappa shape index (κ1) is 18.1. The number of rotatable bonds is 8. The van der Waals surface area contributed by atoms with Crippen molar-refractivity contribution in [3.63, 3.8) is 0 Å². The monoisotopic (exact) mass is 418 g/mol. The van der Waals surface area contributed by atoms with E-state index in [-0.39, 0.29) is 0 Å². The predicted octanol–water partition coefficient (Wildman–Crippen LogP) is 4.90. The molecule has 0 saturated carbocycles. The van der Waals surface area contributed by atoms with E-state index < -0.39 is 0 Å². The van der Waals surface area contributed by atoms with Gasteiger partial charge in [0.1, 0.15) is 29.5 Å². The molecule has 0 bridgehead atoms. The minimum atomic E-state index is 0.436. The fourth-order valence-corrected chi connectivity index (χ4v) is 4.07. The van der Waals surface area contributed by atoms with Gasteiger partial charge in [0.2, 0.25) is 0 Å². The van der Waals surface area contributed by atoms with Crippen molar-refractivity contribution in [2.45, 2.75) is 24.1 Å². The van der Waals surface area contributed by atoms with Crippen molar-refractivity contribution in [3.05, 3.63) is 75.9 Å². The van der Waals surface area contributed by atoms with Crippen LogP contribution in [0, 0.1) is 0 Å². The highest BCUT2D eigenvalue weighted by molar-refractivity contribution is 7.98. The summed E-state index contributed by atoms with van der Waals surface area (Å²) in [5, 5.41) is 12.7. The molecule has 0 spiro atoms. The second kappa shape index (κ2) is 8.60. The lowest BCUT2D eigenvalue weighted by molar-refractivity contribution is 0.305. The zero-order chi connectivity index (χ0) is 18.5.